The molecule has 0 aliphatic rings. The van der Waals surface area contributed by atoms with Gasteiger partial charge in [-0.25, -0.2) is 9.97 Å². The molecule has 3 rings (SSSR count). The van der Waals surface area contributed by atoms with Gasteiger partial charge in [0.25, 0.3) is 11.6 Å². The van der Waals surface area contributed by atoms with E-state index in [1.165, 1.54) is 12.4 Å². The lowest BCUT2D eigenvalue weighted by molar-refractivity contribution is -0.384. The lowest BCUT2D eigenvalue weighted by Crippen LogP contribution is -2.21. The second-order valence-electron chi connectivity index (χ2n) is 5.74. The van der Waals surface area contributed by atoms with Crippen molar-refractivity contribution in [3.63, 3.8) is 0 Å². The maximum Gasteiger partial charge on any atom is 0.293 e. The monoisotopic (exact) mass is 352 g/mol. The number of fused-ring (bicyclic) bond motifs is 1. The molecular weight excluding hydrogens is 336 g/mol. The Labute approximate surface area is 149 Å². The minimum Gasteiger partial charge on any atom is -0.467 e. The third-order valence-electron chi connectivity index (χ3n) is 3.93. The van der Waals surface area contributed by atoms with Crippen LogP contribution in [0.15, 0.2) is 42.7 Å². The number of nitro groups is 1. The van der Waals surface area contributed by atoms with Crippen molar-refractivity contribution in [2.24, 2.45) is 0 Å². The van der Waals surface area contributed by atoms with Crippen molar-refractivity contribution in [2.75, 3.05) is 11.9 Å². The van der Waals surface area contributed by atoms with Crippen LogP contribution in [0.3, 0.4) is 0 Å². The van der Waals surface area contributed by atoms with Gasteiger partial charge in [0.1, 0.15) is 12.0 Å². The zero-order valence-electron chi connectivity index (χ0n) is 14.2. The summed E-state index contributed by atoms with van der Waals surface area (Å²) in [6.45, 7) is 3.26. The van der Waals surface area contributed by atoms with Gasteiger partial charge in [-0.05, 0) is 43.2 Å². The van der Waals surface area contributed by atoms with Crippen molar-refractivity contribution < 1.29 is 14.5 Å². The predicted octanol–water partition coefficient (Wildman–Crippen LogP) is 3.17. The van der Waals surface area contributed by atoms with Crippen LogP contribution in [0.5, 0.6) is 5.88 Å². The summed E-state index contributed by atoms with van der Waals surface area (Å²) in [6, 6.07) is 10.3. The number of benzene rings is 2. The van der Waals surface area contributed by atoms with Crippen molar-refractivity contribution in [1.82, 2.24) is 9.97 Å². The zero-order chi connectivity index (χ0) is 18.7. The quantitative estimate of drug-likeness (QED) is 0.558. The molecule has 1 aromatic heterocycles. The van der Waals surface area contributed by atoms with Gasteiger partial charge in [0, 0.05) is 6.07 Å². The molecule has 0 saturated carbocycles. The number of aromatic nitrogens is 2. The molecule has 8 heteroatoms. The van der Waals surface area contributed by atoms with E-state index in [0.29, 0.717) is 10.9 Å². The SMILES string of the molecule is Cc1cc(NC(=O)COc2ncnc3ccccc23)c([N+](=O)[O-])cc1C. The molecule has 1 heterocycles. The van der Waals surface area contributed by atoms with E-state index in [1.54, 1.807) is 19.1 Å². The molecule has 0 radical (unpaired) electrons. The number of rotatable bonds is 5. The summed E-state index contributed by atoms with van der Waals surface area (Å²) in [5.74, 6) is -0.237. The first kappa shape index (κ1) is 17.3. The number of anilines is 1. The lowest BCUT2D eigenvalue weighted by Gasteiger charge is -2.10. The van der Waals surface area contributed by atoms with Crippen molar-refractivity contribution in [1.29, 1.82) is 0 Å². The Bertz CT molecular complexity index is 998. The van der Waals surface area contributed by atoms with Crippen LogP contribution in [0.2, 0.25) is 0 Å². The van der Waals surface area contributed by atoms with Gasteiger partial charge in [-0.1, -0.05) is 12.1 Å². The van der Waals surface area contributed by atoms with Gasteiger partial charge < -0.3 is 10.1 Å². The first-order chi connectivity index (χ1) is 12.5. The number of hydrogen-bond acceptors (Lipinski definition) is 6. The fraction of sp³-hybridized carbons (Fsp3) is 0.167. The minimum absolute atomic E-state index is 0.138. The molecule has 0 saturated heterocycles. The number of para-hydroxylation sites is 1. The molecule has 26 heavy (non-hydrogen) atoms. The van der Waals surface area contributed by atoms with Crippen LogP contribution in [0, 0.1) is 24.0 Å². The van der Waals surface area contributed by atoms with E-state index in [1.807, 2.05) is 25.1 Å². The summed E-state index contributed by atoms with van der Waals surface area (Å²) in [5, 5.41) is 14.4. The molecule has 0 bridgehead atoms. The van der Waals surface area contributed by atoms with E-state index in [9.17, 15) is 14.9 Å². The molecule has 0 atom stereocenters. The number of aryl methyl sites for hydroxylation is 2. The highest BCUT2D eigenvalue weighted by molar-refractivity contribution is 5.94. The van der Waals surface area contributed by atoms with Gasteiger partial charge >= 0.3 is 0 Å². The molecular formula is C18H16N4O4. The number of carbonyl (C=O) groups is 1. The van der Waals surface area contributed by atoms with Crippen molar-refractivity contribution >= 4 is 28.2 Å². The normalized spacial score (nSPS) is 10.5. The van der Waals surface area contributed by atoms with Gasteiger partial charge in [0.15, 0.2) is 6.61 Å². The smallest absolute Gasteiger partial charge is 0.293 e. The van der Waals surface area contributed by atoms with Gasteiger partial charge in [-0.2, -0.15) is 0 Å². The van der Waals surface area contributed by atoms with Crippen LogP contribution in [0.1, 0.15) is 11.1 Å². The third kappa shape index (κ3) is 3.59. The van der Waals surface area contributed by atoms with Crippen LogP contribution in [0.25, 0.3) is 10.9 Å². The van der Waals surface area contributed by atoms with E-state index in [0.717, 1.165) is 11.1 Å². The van der Waals surface area contributed by atoms with Crippen LogP contribution < -0.4 is 10.1 Å². The van der Waals surface area contributed by atoms with Crippen LogP contribution in [-0.2, 0) is 4.79 Å². The second-order valence-corrected chi connectivity index (χ2v) is 5.74. The zero-order valence-corrected chi connectivity index (χ0v) is 14.2. The summed E-state index contributed by atoms with van der Waals surface area (Å²) in [6.07, 6.45) is 1.35. The maximum absolute atomic E-state index is 12.2. The molecule has 0 spiro atoms. The first-order valence-electron chi connectivity index (χ1n) is 7.83. The first-order valence-corrected chi connectivity index (χ1v) is 7.83. The molecule has 2 aromatic carbocycles. The average molecular weight is 352 g/mol. The number of amides is 1. The molecule has 1 N–H and O–H groups in total. The fourth-order valence-electron chi connectivity index (χ4n) is 2.47. The van der Waals surface area contributed by atoms with Crippen LogP contribution >= 0.6 is 0 Å². The van der Waals surface area contributed by atoms with Crippen molar-refractivity contribution in [3.8, 4) is 5.88 Å². The molecule has 3 aromatic rings. The van der Waals surface area contributed by atoms with Crippen molar-refractivity contribution in [2.45, 2.75) is 13.8 Å². The van der Waals surface area contributed by atoms with E-state index < -0.39 is 10.8 Å². The Morgan fingerprint density at radius 1 is 1.19 bits per heavy atom. The lowest BCUT2D eigenvalue weighted by atomic mass is 10.1. The summed E-state index contributed by atoms with van der Waals surface area (Å²) in [7, 11) is 0. The largest absolute Gasteiger partial charge is 0.467 e. The minimum atomic E-state index is -0.527. The predicted molar refractivity (Wildman–Crippen MR) is 96.2 cm³/mol. The second kappa shape index (κ2) is 7.14. The van der Waals surface area contributed by atoms with E-state index in [2.05, 4.69) is 15.3 Å². The summed E-state index contributed by atoms with van der Waals surface area (Å²) in [4.78, 5) is 31.0. The molecule has 0 aliphatic heterocycles. The Hall–Kier alpha value is -3.55. The maximum atomic E-state index is 12.2. The number of carbonyl (C=O) groups excluding carboxylic acids is 1. The number of hydrogen-bond donors (Lipinski definition) is 1. The van der Waals surface area contributed by atoms with Gasteiger partial charge in [-0.3, -0.25) is 14.9 Å². The summed E-state index contributed by atoms with van der Waals surface area (Å²) in [5.41, 5.74) is 2.29. The Morgan fingerprint density at radius 3 is 2.69 bits per heavy atom. The average Bonchev–Trinajstić information content (AvgIpc) is 2.62. The highest BCUT2D eigenvalue weighted by Crippen LogP contribution is 2.28. The van der Waals surface area contributed by atoms with Crippen LogP contribution in [0.4, 0.5) is 11.4 Å². The topological polar surface area (TPSA) is 107 Å². The summed E-state index contributed by atoms with van der Waals surface area (Å²) >= 11 is 0. The highest BCUT2D eigenvalue weighted by atomic mass is 16.6. The van der Waals surface area contributed by atoms with E-state index >= 15 is 0 Å². The Kier molecular flexibility index (Phi) is 4.74. The Morgan fingerprint density at radius 2 is 1.92 bits per heavy atom. The molecule has 8 nitrogen and oxygen atoms in total. The molecule has 0 fully saturated rings. The number of ether oxygens (including phenoxy) is 1. The molecule has 0 unspecified atom stereocenters. The van der Waals surface area contributed by atoms with Gasteiger partial charge in [0.2, 0.25) is 5.88 Å². The van der Waals surface area contributed by atoms with Crippen LogP contribution in [-0.4, -0.2) is 27.4 Å². The van der Waals surface area contributed by atoms with Gasteiger partial charge in [-0.15, -0.1) is 0 Å². The standard InChI is InChI=1S/C18H16N4O4/c1-11-7-15(16(22(24)25)8-12(11)2)21-17(23)9-26-18-13-5-3-4-6-14(13)19-10-20-18/h3-8,10H,9H2,1-2H3,(H,21,23). The number of nitro benzene ring substituents is 1. The van der Waals surface area contributed by atoms with Gasteiger partial charge in [0.05, 0.1) is 15.8 Å². The molecule has 132 valence electrons. The number of nitrogens with one attached hydrogen (secondary N) is 1. The van der Waals surface area contributed by atoms with Crippen molar-refractivity contribution in [3.05, 3.63) is 64.0 Å². The summed E-state index contributed by atoms with van der Waals surface area (Å²) < 4.78 is 5.47. The number of nitrogens with zero attached hydrogens (tertiary/aromatic N) is 3. The van der Waals surface area contributed by atoms with E-state index in [4.69, 9.17) is 4.74 Å². The molecule has 1 amide bonds. The van der Waals surface area contributed by atoms with E-state index in [-0.39, 0.29) is 23.9 Å². The molecule has 0 aliphatic carbocycles. The Balaban J connectivity index is 1.75. The fourth-order valence-corrected chi connectivity index (χ4v) is 2.47. The third-order valence-corrected chi connectivity index (χ3v) is 3.93. The highest BCUT2D eigenvalue weighted by Gasteiger charge is 2.18.